The van der Waals surface area contributed by atoms with Gasteiger partial charge in [0.05, 0.1) is 0 Å². The Morgan fingerprint density at radius 1 is 1.30 bits per heavy atom. The van der Waals surface area contributed by atoms with E-state index in [1.54, 1.807) is 0 Å². The van der Waals surface area contributed by atoms with Crippen LogP contribution in [0, 0.1) is 13.8 Å². The van der Waals surface area contributed by atoms with E-state index in [1.165, 1.54) is 12.0 Å². The van der Waals surface area contributed by atoms with Crippen LogP contribution >= 0.6 is 25.0 Å². The molecule has 5 heteroatoms. The lowest BCUT2D eigenvalue weighted by molar-refractivity contribution is 0.467. The first-order chi connectivity index (χ1) is 9.58. The van der Waals surface area contributed by atoms with E-state index in [1.807, 2.05) is 20.9 Å². The minimum Gasteiger partial charge on any atom is -0.507 e. The average Bonchev–Trinajstić information content (AvgIpc) is 2.42. The third-order valence-electron chi connectivity index (χ3n) is 3.64. The van der Waals surface area contributed by atoms with Crippen LogP contribution in [0.4, 0.5) is 0 Å². The number of hydrogen-bond donors (Lipinski definition) is 3. The molecule has 3 nitrogen and oxygen atoms in total. The molecule has 20 heavy (non-hydrogen) atoms. The van der Waals surface area contributed by atoms with Crippen LogP contribution in [0.2, 0.25) is 0 Å². The first-order valence-corrected chi connectivity index (χ1v) is 7.56. The van der Waals surface area contributed by atoms with E-state index in [4.69, 9.17) is 3.63 Å². The van der Waals surface area contributed by atoms with Crippen LogP contribution in [-0.4, -0.2) is 12.2 Å². The van der Waals surface area contributed by atoms with Gasteiger partial charge in [-0.15, -0.1) is 0 Å². The summed E-state index contributed by atoms with van der Waals surface area (Å²) >= 11 is 5.05. The van der Waals surface area contributed by atoms with Gasteiger partial charge in [-0.2, -0.15) is 0 Å². The van der Waals surface area contributed by atoms with Gasteiger partial charge < -0.3 is 10.4 Å². The molecule has 2 N–H and O–H groups in total. The second-order valence-corrected chi connectivity index (χ2v) is 6.09. The Morgan fingerprint density at radius 3 is 2.70 bits per heavy atom. The predicted molar refractivity (Wildman–Crippen MR) is 88.7 cm³/mol. The molecule has 0 spiro atoms. The van der Waals surface area contributed by atoms with Gasteiger partial charge in [0.2, 0.25) is 0 Å². The monoisotopic (exact) mass is 309 g/mol. The Labute approximate surface area is 129 Å². The number of allylic oxidation sites excluding steroid dienone is 3. The highest BCUT2D eigenvalue weighted by Gasteiger charge is 2.17. The number of phenolic OH excluding ortho intramolecular Hbond substituents is 1. The third-order valence-corrected chi connectivity index (χ3v) is 4.48. The molecule has 1 aliphatic carbocycles. The van der Waals surface area contributed by atoms with E-state index in [-0.39, 0.29) is 0 Å². The molecule has 0 fully saturated rings. The van der Waals surface area contributed by atoms with Gasteiger partial charge in [0.15, 0.2) is 0 Å². The zero-order valence-corrected chi connectivity index (χ0v) is 13.6. The molecule has 0 heterocycles. The van der Waals surface area contributed by atoms with Crippen LogP contribution in [0.5, 0.6) is 5.75 Å². The summed E-state index contributed by atoms with van der Waals surface area (Å²) < 4.78 is 4.84. The fourth-order valence-electron chi connectivity index (χ4n) is 2.38. The number of rotatable bonds is 3. The molecule has 0 saturated carbocycles. The van der Waals surface area contributed by atoms with Gasteiger partial charge in [-0.25, -0.2) is 3.63 Å². The molecule has 0 bridgehead atoms. The fraction of sp³-hybridized carbons (Fsp3) is 0.333. The minimum absolute atomic E-state index is 0.371. The van der Waals surface area contributed by atoms with Crippen molar-refractivity contribution in [3.63, 3.8) is 0 Å². The zero-order chi connectivity index (χ0) is 14.7. The van der Waals surface area contributed by atoms with Crippen LogP contribution in [0.25, 0.3) is 5.70 Å². The molecule has 0 atom stereocenters. The van der Waals surface area contributed by atoms with Crippen molar-refractivity contribution >= 4 is 30.6 Å². The van der Waals surface area contributed by atoms with Gasteiger partial charge >= 0.3 is 0 Å². The van der Waals surface area contributed by atoms with Crippen molar-refractivity contribution in [2.24, 2.45) is 0 Å². The van der Waals surface area contributed by atoms with Crippen molar-refractivity contribution < 1.29 is 8.74 Å². The van der Waals surface area contributed by atoms with E-state index in [0.29, 0.717) is 5.75 Å². The Morgan fingerprint density at radius 2 is 2.05 bits per heavy atom. The molecule has 1 aliphatic rings. The summed E-state index contributed by atoms with van der Waals surface area (Å²) in [6.45, 7) is 3.97. The summed E-state index contributed by atoms with van der Waals surface area (Å²) in [6.07, 6.45) is 5.71. The maximum Gasteiger partial charge on any atom is 0.128 e. The van der Waals surface area contributed by atoms with Gasteiger partial charge in [-0.1, -0.05) is 18.2 Å². The summed E-state index contributed by atoms with van der Waals surface area (Å²) in [5, 5.41) is 13.7. The second-order valence-electron chi connectivity index (χ2n) is 4.81. The van der Waals surface area contributed by atoms with Crippen LogP contribution in [0.1, 0.15) is 28.7 Å². The first-order valence-electron chi connectivity index (χ1n) is 6.46. The van der Waals surface area contributed by atoms with Crippen molar-refractivity contribution in [3.8, 4) is 5.75 Å². The highest BCUT2D eigenvalue weighted by atomic mass is 32.2. The highest BCUT2D eigenvalue weighted by molar-refractivity contribution is 8.04. The number of phenols is 1. The molecule has 1 aromatic rings. The standard InChI is InChI=1S/C15H19NO2S2/c1-9-8-11-4-5-12(20-18-19)6-7-13(16-3)14(11)15(17)10(9)2/h5,7-8,16-17,19H,4,6H2,1-3H3/b12-5?,13-7+. The summed E-state index contributed by atoms with van der Waals surface area (Å²) in [6, 6.07) is 2.14. The molecule has 0 amide bonds. The van der Waals surface area contributed by atoms with Crippen LogP contribution in [-0.2, 0) is 10.1 Å². The fourth-order valence-corrected chi connectivity index (χ4v) is 3.07. The average molecular weight is 309 g/mol. The lowest BCUT2D eigenvalue weighted by atomic mass is 9.92. The molecule has 0 unspecified atom stereocenters. The molecular weight excluding hydrogens is 290 g/mol. The smallest absolute Gasteiger partial charge is 0.128 e. The van der Waals surface area contributed by atoms with Crippen LogP contribution < -0.4 is 5.32 Å². The van der Waals surface area contributed by atoms with Crippen LogP contribution in [0.15, 0.2) is 23.1 Å². The number of thiol groups is 1. The van der Waals surface area contributed by atoms with E-state index in [0.717, 1.165) is 45.7 Å². The molecule has 108 valence electrons. The molecule has 0 saturated heterocycles. The normalized spacial score (nSPS) is 17.4. The number of nitrogens with one attached hydrogen (secondary N) is 1. The highest BCUT2D eigenvalue weighted by Crippen LogP contribution is 2.36. The Hall–Kier alpha value is -1.04. The SMILES string of the molecule is CN/C1=C/CC(SOS)=CCc2cc(C)c(C)c(O)c21. The van der Waals surface area contributed by atoms with Gasteiger partial charge in [0, 0.05) is 41.7 Å². The maximum atomic E-state index is 10.5. The Balaban J connectivity index is 2.56. The largest absolute Gasteiger partial charge is 0.507 e. The molecule has 0 aromatic heterocycles. The molecule has 0 radical (unpaired) electrons. The molecular formula is C15H19NO2S2. The Kier molecular flexibility index (Phi) is 5.07. The van der Waals surface area contributed by atoms with Crippen molar-refractivity contribution in [2.45, 2.75) is 26.7 Å². The van der Waals surface area contributed by atoms with Crippen molar-refractivity contribution in [2.75, 3.05) is 7.05 Å². The quantitative estimate of drug-likeness (QED) is 0.585. The molecule has 2 rings (SSSR count). The molecule has 0 aliphatic heterocycles. The van der Waals surface area contributed by atoms with E-state index >= 15 is 0 Å². The number of aromatic hydroxyl groups is 1. The lowest BCUT2D eigenvalue weighted by Gasteiger charge is -2.19. The van der Waals surface area contributed by atoms with Gasteiger partial charge in [0.1, 0.15) is 5.75 Å². The van der Waals surface area contributed by atoms with Crippen molar-refractivity contribution in [3.05, 3.63) is 45.4 Å². The summed E-state index contributed by atoms with van der Waals surface area (Å²) in [4.78, 5) is 1.11. The zero-order valence-electron chi connectivity index (χ0n) is 11.9. The molecule has 1 aromatic carbocycles. The van der Waals surface area contributed by atoms with Gasteiger partial charge in [-0.3, -0.25) is 0 Å². The van der Waals surface area contributed by atoms with Crippen LogP contribution in [0.3, 0.4) is 0 Å². The van der Waals surface area contributed by atoms with E-state index in [2.05, 4.69) is 36.4 Å². The van der Waals surface area contributed by atoms with Crippen molar-refractivity contribution in [1.29, 1.82) is 0 Å². The summed E-state index contributed by atoms with van der Waals surface area (Å²) in [7, 11) is 1.87. The number of aryl methyl sites for hydroxylation is 1. The topological polar surface area (TPSA) is 41.5 Å². The van der Waals surface area contributed by atoms with Crippen molar-refractivity contribution in [1.82, 2.24) is 5.32 Å². The minimum atomic E-state index is 0.371. The van der Waals surface area contributed by atoms with E-state index in [9.17, 15) is 5.11 Å². The Bertz CT molecular complexity index is 580. The number of fused-ring (bicyclic) bond motifs is 1. The van der Waals surface area contributed by atoms with Gasteiger partial charge in [0.25, 0.3) is 0 Å². The number of benzene rings is 1. The summed E-state index contributed by atoms with van der Waals surface area (Å²) in [5.41, 5.74) is 5.00. The summed E-state index contributed by atoms with van der Waals surface area (Å²) in [5.74, 6) is 0.371. The second kappa shape index (κ2) is 6.61. The third kappa shape index (κ3) is 3.00. The first kappa shape index (κ1) is 15.4. The van der Waals surface area contributed by atoms with Gasteiger partial charge in [-0.05, 0) is 49.9 Å². The predicted octanol–water partition coefficient (Wildman–Crippen LogP) is 3.91. The van der Waals surface area contributed by atoms with E-state index < -0.39 is 0 Å². The maximum absolute atomic E-state index is 10.5. The number of hydrogen-bond acceptors (Lipinski definition) is 5. The lowest BCUT2D eigenvalue weighted by Crippen LogP contribution is -2.10.